The van der Waals surface area contributed by atoms with Gasteiger partial charge in [-0.2, -0.15) is 5.10 Å². The normalized spacial score (nSPS) is 18.1. The molecule has 0 saturated heterocycles. The molecule has 26 heavy (non-hydrogen) atoms. The van der Waals surface area contributed by atoms with Crippen LogP contribution in [0.25, 0.3) is 10.9 Å². The summed E-state index contributed by atoms with van der Waals surface area (Å²) in [6.07, 6.45) is 2.94. The molecule has 1 aliphatic rings. The average Bonchev–Trinajstić information content (AvgIpc) is 3.07. The van der Waals surface area contributed by atoms with Crippen molar-refractivity contribution < 1.29 is 8.42 Å². The van der Waals surface area contributed by atoms with Crippen molar-refractivity contribution >= 4 is 20.9 Å². The van der Waals surface area contributed by atoms with Gasteiger partial charge in [-0.25, -0.2) is 13.1 Å². The number of hydrogen-bond donors (Lipinski definition) is 1. The molecule has 1 atom stereocenters. The van der Waals surface area contributed by atoms with Gasteiger partial charge in [0.1, 0.15) is 0 Å². The fourth-order valence-corrected chi connectivity index (χ4v) is 3.90. The van der Waals surface area contributed by atoms with Crippen LogP contribution in [0.4, 0.5) is 0 Å². The van der Waals surface area contributed by atoms with E-state index in [1.165, 1.54) is 6.26 Å². The summed E-state index contributed by atoms with van der Waals surface area (Å²) in [5.41, 5.74) is 3.08. The van der Waals surface area contributed by atoms with Crippen LogP contribution in [0.3, 0.4) is 0 Å². The minimum atomic E-state index is -3.23. The Morgan fingerprint density at radius 1 is 1.19 bits per heavy atom. The van der Waals surface area contributed by atoms with Crippen LogP contribution < -0.4 is 4.72 Å². The zero-order valence-electron chi connectivity index (χ0n) is 14.5. The van der Waals surface area contributed by atoms with Gasteiger partial charge >= 0.3 is 0 Å². The highest BCUT2D eigenvalue weighted by atomic mass is 32.2. The smallest absolute Gasteiger partial charge is 0.208 e. The molecule has 7 nitrogen and oxygen atoms in total. The van der Waals surface area contributed by atoms with Gasteiger partial charge in [0, 0.05) is 37.8 Å². The number of nitrogens with zero attached hydrogens (tertiary/aromatic N) is 4. The van der Waals surface area contributed by atoms with E-state index in [2.05, 4.69) is 32.9 Å². The summed E-state index contributed by atoms with van der Waals surface area (Å²) in [7, 11) is -3.23. The highest BCUT2D eigenvalue weighted by Crippen LogP contribution is 2.22. The van der Waals surface area contributed by atoms with Gasteiger partial charge in [0.25, 0.3) is 0 Å². The van der Waals surface area contributed by atoms with E-state index in [4.69, 9.17) is 4.98 Å². The van der Waals surface area contributed by atoms with Crippen molar-refractivity contribution in [2.24, 2.45) is 0 Å². The maximum Gasteiger partial charge on any atom is 0.208 e. The largest absolute Gasteiger partial charge is 0.290 e. The van der Waals surface area contributed by atoms with Gasteiger partial charge in [0.05, 0.1) is 29.2 Å². The third-order valence-corrected chi connectivity index (χ3v) is 5.27. The fraction of sp³-hybridized carbons (Fsp3) is 0.333. The molecule has 0 aliphatic carbocycles. The van der Waals surface area contributed by atoms with E-state index >= 15 is 0 Å². The zero-order valence-corrected chi connectivity index (χ0v) is 15.4. The van der Waals surface area contributed by atoms with Crippen molar-refractivity contribution in [1.29, 1.82) is 0 Å². The van der Waals surface area contributed by atoms with E-state index in [1.807, 2.05) is 28.9 Å². The van der Waals surface area contributed by atoms with Crippen LogP contribution >= 0.6 is 0 Å². The highest BCUT2D eigenvalue weighted by molar-refractivity contribution is 7.88. The van der Waals surface area contributed by atoms with Crippen molar-refractivity contribution in [1.82, 2.24) is 24.4 Å². The van der Waals surface area contributed by atoms with Crippen molar-refractivity contribution in [3.63, 3.8) is 0 Å². The summed E-state index contributed by atoms with van der Waals surface area (Å²) >= 11 is 0. The fourth-order valence-electron chi connectivity index (χ4n) is 3.41. The summed E-state index contributed by atoms with van der Waals surface area (Å²) in [6, 6.07) is 14.2. The number of fused-ring (bicyclic) bond motifs is 2. The minimum absolute atomic E-state index is 0.0380. The van der Waals surface area contributed by atoms with E-state index in [-0.39, 0.29) is 6.04 Å². The van der Waals surface area contributed by atoms with E-state index < -0.39 is 10.0 Å². The van der Waals surface area contributed by atoms with Crippen LogP contribution in [0.15, 0.2) is 48.7 Å². The lowest BCUT2D eigenvalue weighted by Crippen LogP contribution is -2.42. The predicted octanol–water partition coefficient (Wildman–Crippen LogP) is 1.54. The number of nitrogens with one attached hydrogen (secondary N) is 1. The Morgan fingerprint density at radius 2 is 2.04 bits per heavy atom. The molecule has 136 valence electrons. The Kier molecular flexibility index (Phi) is 4.47. The minimum Gasteiger partial charge on any atom is -0.290 e. The number of sulfonamides is 1. The van der Waals surface area contributed by atoms with Crippen LogP contribution in [-0.2, 0) is 23.1 Å². The number of benzene rings is 1. The molecule has 2 aromatic heterocycles. The Morgan fingerprint density at radius 3 is 2.88 bits per heavy atom. The van der Waals surface area contributed by atoms with Crippen LogP contribution in [-0.4, -0.2) is 47.4 Å². The van der Waals surface area contributed by atoms with Crippen LogP contribution in [0.2, 0.25) is 0 Å². The first-order chi connectivity index (χ1) is 12.5. The van der Waals surface area contributed by atoms with Gasteiger partial charge in [-0.05, 0) is 18.2 Å². The topological polar surface area (TPSA) is 80.1 Å². The SMILES string of the molecule is CS(=O)(=O)NCC1CN(Cc2ccc3ccccc3n2)Cc2ccnn21. The lowest BCUT2D eigenvalue weighted by Gasteiger charge is -2.33. The number of para-hydroxylation sites is 1. The lowest BCUT2D eigenvalue weighted by atomic mass is 10.1. The molecular formula is C18H21N5O2S. The molecule has 0 amide bonds. The second-order valence-electron chi connectivity index (χ2n) is 6.71. The maximum atomic E-state index is 11.5. The summed E-state index contributed by atoms with van der Waals surface area (Å²) < 4.78 is 27.4. The summed E-state index contributed by atoms with van der Waals surface area (Å²) in [4.78, 5) is 7.03. The number of aromatic nitrogens is 3. The second kappa shape index (κ2) is 6.79. The van der Waals surface area contributed by atoms with E-state index in [9.17, 15) is 8.42 Å². The molecule has 3 heterocycles. The van der Waals surface area contributed by atoms with Gasteiger partial charge in [-0.3, -0.25) is 14.6 Å². The molecule has 1 aromatic carbocycles. The van der Waals surface area contributed by atoms with Gasteiger partial charge < -0.3 is 0 Å². The van der Waals surface area contributed by atoms with E-state index in [0.717, 1.165) is 28.8 Å². The summed E-state index contributed by atoms with van der Waals surface area (Å²) in [5.74, 6) is 0. The lowest BCUT2D eigenvalue weighted by molar-refractivity contribution is 0.166. The number of pyridine rings is 1. The monoisotopic (exact) mass is 371 g/mol. The van der Waals surface area contributed by atoms with Crippen LogP contribution in [0, 0.1) is 0 Å². The molecule has 4 rings (SSSR count). The molecule has 0 radical (unpaired) electrons. The molecule has 0 bridgehead atoms. The second-order valence-corrected chi connectivity index (χ2v) is 8.54. The summed E-state index contributed by atoms with van der Waals surface area (Å²) in [6.45, 7) is 2.52. The van der Waals surface area contributed by atoms with Crippen molar-refractivity contribution in [2.45, 2.75) is 19.1 Å². The zero-order chi connectivity index (χ0) is 18.1. The van der Waals surface area contributed by atoms with Crippen molar-refractivity contribution in [3.05, 3.63) is 60.0 Å². The molecule has 3 aromatic rings. The molecule has 1 unspecified atom stereocenters. The molecule has 8 heteroatoms. The Bertz CT molecular complexity index is 1030. The van der Waals surface area contributed by atoms with Gasteiger partial charge in [0.2, 0.25) is 10.0 Å². The standard InChI is InChI=1S/C18H21N5O2S/c1-26(24,25)20-10-17-13-22(12-16-8-9-19-23(16)17)11-15-7-6-14-4-2-3-5-18(14)21-15/h2-9,17,20H,10-13H2,1H3. The predicted molar refractivity (Wildman–Crippen MR) is 100.0 cm³/mol. The first kappa shape index (κ1) is 17.1. The molecule has 1 N–H and O–H groups in total. The number of rotatable bonds is 5. The maximum absolute atomic E-state index is 11.5. The van der Waals surface area contributed by atoms with Crippen LogP contribution in [0.5, 0.6) is 0 Å². The Hall–Kier alpha value is -2.29. The molecule has 0 saturated carbocycles. The molecular weight excluding hydrogens is 350 g/mol. The summed E-state index contributed by atoms with van der Waals surface area (Å²) in [5, 5.41) is 5.49. The molecule has 0 spiro atoms. The first-order valence-electron chi connectivity index (χ1n) is 8.52. The Balaban J connectivity index is 1.53. The first-order valence-corrected chi connectivity index (χ1v) is 10.4. The average molecular weight is 371 g/mol. The third kappa shape index (κ3) is 3.77. The van der Waals surface area contributed by atoms with Gasteiger partial charge in [0.15, 0.2) is 0 Å². The van der Waals surface area contributed by atoms with Crippen LogP contribution in [0.1, 0.15) is 17.4 Å². The molecule has 0 fully saturated rings. The number of hydrogen-bond acceptors (Lipinski definition) is 5. The highest BCUT2D eigenvalue weighted by Gasteiger charge is 2.26. The van der Waals surface area contributed by atoms with E-state index in [1.54, 1.807) is 6.20 Å². The van der Waals surface area contributed by atoms with Crippen molar-refractivity contribution in [2.75, 3.05) is 19.3 Å². The van der Waals surface area contributed by atoms with Gasteiger partial charge in [-0.1, -0.05) is 24.3 Å². The molecule has 1 aliphatic heterocycles. The third-order valence-electron chi connectivity index (χ3n) is 4.58. The van der Waals surface area contributed by atoms with Gasteiger partial charge in [-0.15, -0.1) is 0 Å². The quantitative estimate of drug-likeness (QED) is 0.736. The van der Waals surface area contributed by atoms with Crippen molar-refractivity contribution in [3.8, 4) is 0 Å². The van der Waals surface area contributed by atoms with E-state index in [0.29, 0.717) is 19.6 Å². The Labute approximate surface area is 152 Å².